The molecule has 0 radical (unpaired) electrons. The number of hydrogen-bond acceptors (Lipinski definition) is 2. The van der Waals surface area contributed by atoms with Crippen LogP contribution in [0, 0.1) is 6.92 Å². The van der Waals surface area contributed by atoms with Crippen molar-refractivity contribution in [3.8, 4) is 5.75 Å². The van der Waals surface area contributed by atoms with Gasteiger partial charge in [-0.2, -0.15) is 0 Å². The average molecular weight is 284 g/mol. The topological polar surface area (TPSA) is 12.5 Å². The summed E-state index contributed by atoms with van der Waals surface area (Å²) in [6, 6.07) is 6.20. The molecule has 0 spiro atoms. The van der Waals surface area contributed by atoms with E-state index in [0.717, 1.165) is 30.9 Å². The third-order valence-electron chi connectivity index (χ3n) is 3.28. The number of rotatable bonds is 8. The molecule has 3 heteroatoms. The van der Waals surface area contributed by atoms with Gasteiger partial charge < -0.3 is 9.64 Å². The fourth-order valence-corrected chi connectivity index (χ4v) is 2.69. The van der Waals surface area contributed by atoms with Crippen LogP contribution in [0.3, 0.4) is 0 Å². The van der Waals surface area contributed by atoms with Crippen molar-refractivity contribution in [2.45, 2.75) is 39.0 Å². The quantitative estimate of drug-likeness (QED) is 0.656. The van der Waals surface area contributed by atoms with Crippen LogP contribution in [0.4, 0.5) is 0 Å². The minimum Gasteiger partial charge on any atom is -0.496 e. The van der Waals surface area contributed by atoms with Crippen molar-refractivity contribution < 1.29 is 4.74 Å². The third-order valence-corrected chi connectivity index (χ3v) is 3.67. The van der Waals surface area contributed by atoms with Gasteiger partial charge in [0, 0.05) is 6.54 Å². The molecule has 1 aromatic carbocycles. The van der Waals surface area contributed by atoms with E-state index in [1.807, 2.05) is 6.07 Å². The SMILES string of the molecule is CCCN(CCC)CC(Cl)c1ccc(OC)c(C)c1. The fourth-order valence-electron chi connectivity index (χ4n) is 2.36. The predicted octanol–water partition coefficient (Wildman–Crippen LogP) is 4.41. The first-order chi connectivity index (χ1) is 9.12. The minimum absolute atomic E-state index is 0.0442. The number of ether oxygens (including phenoxy) is 1. The zero-order valence-electron chi connectivity index (χ0n) is 12.6. The summed E-state index contributed by atoms with van der Waals surface area (Å²) < 4.78 is 5.28. The number of alkyl halides is 1. The molecule has 0 aromatic heterocycles. The Hall–Kier alpha value is -0.730. The summed E-state index contributed by atoms with van der Waals surface area (Å²) in [4.78, 5) is 2.44. The van der Waals surface area contributed by atoms with E-state index >= 15 is 0 Å². The Labute approximate surface area is 122 Å². The first-order valence-corrected chi connectivity index (χ1v) is 7.56. The largest absolute Gasteiger partial charge is 0.496 e. The molecule has 0 saturated carbocycles. The molecule has 0 fully saturated rings. The van der Waals surface area contributed by atoms with Crippen LogP contribution >= 0.6 is 11.6 Å². The lowest BCUT2D eigenvalue weighted by Crippen LogP contribution is -2.28. The summed E-state index contributed by atoms with van der Waals surface area (Å²) in [5, 5.41) is 0.0442. The van der Waals surface area contributed by atoms with Gasteiger partial charge in [0.25, 0.3) is 0 Å². The molecule has 0 saturated heterocycles. The van der Waals surface area contributed by atoms with Crippen LogP contribution in [-0.4, -0.2) is 31.6 Å². The number of benzene rings is 1. The van der Waals surface area contributed by atoms with E-state index in [9.17, 15) is 0 Å². The second kappa shape index (κ2) is 8.44. The van der Waals surface area contributed by atoms with Gasteiger partial charge in [0.1, 0.15) is 5.75 Å². The van der Waals surface area contributed by atoms with E-state index in [4.69, 9.17) is 16.3 Å². The molecule has 0 aliphatic carbocycles. The zero-order valence-corrected chi connectivity index (χ0v) is 13.3. The Balaban J connectivity index is 2.70. The summed E-state index contributed by atoms with van der Waals surface area (Å²) in [5.74, 6) is 0.923. The molecule has 1 rings (SSSR count). The average Bonchev–Trinajstić information content (AvgIpc) is 2.39. The highest BCUT2D eigenvalue weighted by atomic mass is 35.5. The molecular weight excluding hydrogens is 258 g/mol. The van der Waals surface area contributed by atoms with E-state index in [0.29, 0.717) is 0 Å². The van der Waals surface area contributed by atoms with E-state index in [1.54, 1.807) is 7.11 Å². The Morgan fingerprint density at radius 3 is 2.32 bits per heavy atom. The lowest BCUT2D eigenvalue weighted by molar-refractivity contribution is 0.275. The van der Waals surface area contributed by atoms with E-state index in [-0.39, 0.29) is 5.38 Å². The van der Waals surface area contributed by atoms with E-state index < -0.39 is 0 Å². The highest BCUT2D eigenvalue weighted by Crippen LogP contribution is 2.27. The molecule has 1 unspecified atom stereocenters. The Kier molecular flexibility index (Phi) is 7.25. The van der Waals surface area contributed by atoms with Crippen molar-refractivity contribution in [2.24, 2.45) is 0 Å². The van der Waals surface area contributed by atoms with Crippen molar-refractivity contribution in [2.75, 3.05) is 26.7 Å². The van der Waals surface area contributed by atoms with Crippen LogP contribution in [-0.2, 0) is 0 Å². The molecule has 0 aliphatic heterocycles. The molecule has 108 valence electrons. The summed E-state index contributed by atoms with van der Waals surface area (Å²) in [6.07, 6.45) is 2.34. The molecule has 0 bridgehead atoms. The van der Waals surface area contributed by atoms with Gasteiger partial charge in [-0.3, -0.25) is 0 Å². The molecule has 0 N–H and O–H groups in total. The lowest BCUT2D eigenvalue weighted by atomic mass is 10.1. The third kappa shape index (κ3) is 5.04. The summed E-state index contributed by atoms with van der Waals surface area (Å²) in [7, 11) is 1.70. The highest BCUT2D eigenvalue weighted by molar-refractivity contribution is 6.21. The first-order valence-electron chi connectivity index (χ1n) is 7.13. The molecule has 19 heavy (non-hydrogen) atoms. The van der Waals surface area contributed by atoms with Gasteiger partial charge in [0.15, 0.2) is 0 Å². The van der Waals surface area contributed by atoms with Crippen LogP contribution in [0.5, 0.6) is 5.75 Å². The Bertz CT molecular complexity index is 375. The van der Waals surface area contributed by atoms with Gasteiger partial charge >= 0.3 is 0 Å². The normalized spacial score (nSPS) is 12.7. The second-order valence-corrected chi connectivity index (χ2v) is 5.52. The number of methoxy groups -OCH3 is 1. The Morgan fingerprint density at radius 2 is 1.84 bits per heavy atom. The molecule has 1 aromatic rings. The lowest BCUT2D eigenvalue weighted by Gasteiger charge is -2.24. The highest BCUT2D eigenvalue weighted by Gasteiger charge is 2.14. The van der Waals surface area contributed by atoms with Crippen LogP contribution in [0.25, 0.3) is 0 Å². The predicted molar refractivity (Wildman–Crippen MR) is 83.3 cm³/mol. The standard InChI is InChI=1S/C16H26ClNO/c1-5-9-18(10-6-2)12-15(17)14-7-8-16(19-4)13(3)11-14/h7-8,11,15H,5-6,9-10,12H2,1-4H3. The second-order valence-electron chi connectivity index (χ2n) is 5.00. The van der Waals surface area contributed by atoms with Gasteiger partial charge in [0.05, 0.1) is 12.5 Å². The minimum atomic E-state index is 0.0442. The maximum atomic E-state index is 6.56. The maximum absolute atomic E-state index is 6.56. The van der Waals surface area contributed by atoms with Crippen molar-refractivity contribution in [3.05, 3.63) is 29.3 Å². The molecule has 0 aliphatic rings. The maximum Gasteiger partial charge on any atom is 0.121 e. The number of aryl methyl sites for hydroxylation is 1. The van der Waals surface area contributed by atoms with Crippen LogP contribution in [0.15, 0.2) is 18.2 Å². The van der Waals surface area contributed by atoms with Crippen molar-refractivity contribution in [1.82, 2.24) is 4.90 Å². The van der Waals surface area contributed by atoms with E-state index in [2.05, 4.69) is 37.8 Å². The summed E-state index contributed by atoms with van der Waals surface area (Å²) in [6.45, 7) is 9.63. The van der Waals surface area contributed by atoms with Crippen LogP contribution < -0.4 is 4.74 Å². The van der Waals surface area contributed by atoms with E-state index in [1.165, 1.54) is 18.4 Å². The molecule has 1 atom stereocenters. The number of halogens is 1. The molecule has 2 nitrogen and oxygen atoms in total. The van der Waals surface area contributed by atoms with Crippen molar-refractivity contribution >= 4 is 11.6 Å². The fraction of sp³-hybridized carbons (Fsp3) is 0.625. The smallest absolute Gasteiger partial charge is 0.121 e. The Morgan fingerprint density at radius 1 is 1.21 bits per heavy atom. The van der Waals surface area contributed by atoms with Crippen molar-refractivity contribution in [3.63, 3.8) is 0 Å². The van der Waals surface area contributed by atoms with Gasteiger partial charge in [-0.05, 0) is 50.0 Å². The van der Waals surface area contributed by atoms with Gasteiger partial charge in [-0.1, -0.05) is 26.0 Å². The first kappa shape index (κ1) is 16.3. The van der Waals surface area contributed by atoms with Gasteiger partial charge in [0.2, 0.25) is 0 Å². The van der Waals surface area contributed by atoms with Crippen LogP contribution in [0.1, 0.15) is 43.2 Å². The number of hydrogen-bond donors (Lipinski definition) is 0. The summed E-state index contributed by atoms with van der Waals surface area (Å²) in [5.41, 5.74) is 2.32. The van der Waals surface area contributed by atoms with Crippen molar-refractivity contribution in [1.29, 1.82) is 0 Å². The van der Waals surface area contributed by atoms with Gasteiger partial charge in [-0.15, -0.1) is 11.6 Å². The zero-order chi connectivity index (χ0) is 14.3. The van der Waals surface area contributed by atoms with Gasteiger partial charge in [-0.25, -0.2) is 0 Å². The van der Waals surface area contributed by atoms with Crippen LogP contribution in [0.2, 0.25) is 0 Å². The number of nitrogens with zero attached hydrogens (tertiary/aromatic N) is 1. The summed E-state index contributed by atoms with van der Waals surface area (Å²) >= 11 is 6.56. The monoisotopic (exact) mass is 283 g/mol. The molecular formula is C16H26ClNO. The molecule has 0 amide bonds. The molecule has 0 heterocycles.